The second kappa shape index (κ2) is 11.8. The Labute approximate surface area is 318 Å². The van der Waals surface area contributed by atoms with Crippen LogP contribution >= 0.6 is 0 Å². The van der Waals surface area contributed by atoms with E-state index in [0.29, 0.717) is 0 Å². The molecule has 2 heteroatoms. The summed E-state index contributed by atoms with van der Waals surface area (Å²) >= 11 is 0. The number of nitrogens with zero attached hydrogens (tertiary/aromatic N) is 2. The maximum atomic E-state index is 2.52. The molecule has 0 fully saturated rings. The van der Waals surface area contributed by atoms with Crippen molar-refractivity contribution in [2.24, 2.45) is 0 Å². The minimum Gasteiger partial charge on any atom is -0.158 e. The Balaban J connectivity index is 1.26. The molecule has 0 aliphatic carbocycles. The van der Waals surface area contributed by atoms with Gasteiger partial charge in [-0.05, 0) is 94.7 Å². The van der Waals surface area contributed by atoms with Crippen LogP contribution in [0.3, 0.4) is 0 Å². The summed E-state index contributed by atoms with van der Waals surface area (Å²) in [5.41, 5.74) is 15.9. The molecule has 6 aromatic carbocycles. The van der Waals surface area contributed by atoms with Gasteiger partial charge in [-0.2, -0.15) is 9.13 Å². The van der Waals surface area contributed by atoms with Crippen LogP contribution in [0.25, 0.3) is 77.4 Å². The highest BCUT2D eigenvalue weighted by molar-refractivity contribution is 6.26. The highest BCUT2D eigenvalue weighted by atomic mass is 15.1. The van der Waals surface area contributed by atoms with E-state index in [4.69, 9.17) is 0 Å². The number of benzene rings is 6. The first-order valence-electron chi connectivity index (χ1n) is 19.4. The Morgan fingerprint density at radius 3 is 1.39 bits per heavy atom. The van der Waals surface area contributed by atoms with E-state index in [9.17, 15) is 0 Å². The Morgan fingerprint density at radius 2 is 0.852 bits per heavy atom. The van der Waals surface area contributed by atoms with Crippen LogP contribution in [0.1, 0.15) is 63.8 Å². The summed E-state index contributed by atoms with van der Waals surface area (Å²) in [6.07, 6.45) is 6.40. The third-order valence-corrected chi connectivity index (χ3v) is 12.0. The molecule has 0 N–H and O–H groups in total. The molecule has 10 rings (SSSR count). The highest BCUT2D eigenvalue weighted by Crippen LogP contribution is 2.43. The molecule has 2 aromatic heterocycles. The molecule has 54 heavy (non-hydrogen) atoms. The fourth-order valence-corrected chi connectivity index (χ4v) is 8.99. The summed E-state index contributed by atoms with van der Waals surface area (Å²) in [4.78, 5) is 0. The third-order valence-electron chi connectivity index (χ3n) is 12.0. The molecule has 2 nitrogen and oxygen atoms in total. The van der Waals surface area contributed by atoms with Crippen LogP contribution in [0, 0.1) is 0 Å². The molecule has 4 heterocycles. The summed E-state index contributed by atoms with van der Waals surface area (Å²) in [6, 6.07) is 50.4. The summed E-state index contributed by atoms with van der Waals surface area (Å²) in [6.45, 7) is 13.9. The number of hydrogen-bond donors (Lipinski definition) is 0. The van der Waals surface area contributed by atoms with Crippen LogP contribution in [0.4, 0.5) is 0 Å². The molecule has 262 valence electrons. The van der Waals surface area contributed by atoms with Crippen molar-refractivity contribution in [3.05, 3.63) is 168 Å². The molecule has 0 atom stereocenters. The van der Waals surface area contributed by atoms with Crippen molar-refractivity contribution in [1.29, 1.82) is 0 Å². The monoisotopic (exact) mass is 698 g/mol. The van der Waals surface area contributed by atoms with E-state index in [2.05, 4.69) is 197 Å². The summed E-state index contributed by atoms with van der Waals surface area (Å²) in [5.74, 6) is 0. The van der Waals surface area contributed by atoms with Gasteiger partial charge < -0.3 is 0 Å². The maximum Gasteiger partial charge on any atom is 0.259 e. The van der Waals surface area contributed by atoms with Crippen molar-refractivity contribution >= 4 is 43.7 Å². The number of allylic oxidation sites excluding steroid dienone is 2. The van der Waals surface area contributed by atoms with Gasteiger partial charge in [0.05, 0.1) is 24.0 Å². The zero-order valence-corrected chi connectivity index (χ0v) is 32.2. The third kappa shape index (κ3) is 5.15. The Morgan fingerprint density at radius 1 is 0.389 bits per heavy atom. The number of hydrogen-bond acceptors (Lipinski definition) is 0. The molecule has 0 saturated heterocycles. The van der Waals surface area contributed by atoms with Crippen molar-refractivity contribution in [2.45, 2.75) is 65.2 Å². The number of aromatic nitrogens is 2. The number of rotatable bonds is 1. The van der Waals surface area contributed by atoms with E-state index in [-0.39, 0.29) is 10.8 Å². The zero-order chi connectivity index (χ0) is 36.9. The predicted molar refractivity (Wildman–Crippen MR) is 226 cm³/mol. The van der Waals surface area contributed by atoms with E-state index < -0.39 is 0 Å². The van der Waals surface area contributed by atoms with E-state index in [1.165, 1.54) is 99.6 Å². The molecule has 0 unspecified atom stereocenters. The lowest BCUT2D eigenvalue weighted by molar-refractivity contribution is -0.602. The summed E-state index contributed by atoms with van der Waals surface area (Å²) in [5, 5.41) is 7.92. The van der Waals surface area contributed by atoms with Crippen LogP contribution < -0.4 is 9.13 Å². The normalized spacial score (nSPS) is 15.2. The van der Waals surface area contributed by atoms with Gasteiger partial charge in [-0.15, -0.1) is 0 Å². The number of fused-ring (bicyclic) bond motifs is 12. The zero-order valence-electron chi connectivity index (χ0n) is 32.2. The van der Waals surface area contributed by atoms with Gasteiger partial charge in [0.1, 0.15) is 0 Å². The molecule has 0 saturated carbocycles. The van der Waals surface area contributed by atoms with Crippen molar-refractivity contribution in [1.82, 2.24) is 0 Å². The van der Waals surface area contributed by atoms with Gasteiger partial charge in [0, 0.05) is 24.3 Å². The first-order chi connectivity index (χ1) is 26.0. The maximum absolute atomic E-state index is 2.52. The average molecular weight is 699 g/mol. The van der Waals surface area contributed by atoms with Gasteiger partial charge >= 0.3 is 0 Å². The average Bonchev–Trinajstić information content (AvgIpc) is 3.19. The molecule has 8 aromatic rings. The molecular weight excluding hydrogens is 653 g/mol. The minimum atomic E-state index is 0.0190. The van der Waals surface area contributed by atoms with Crippen molar-refractivity contribution in [3.63, 3.8) is 0 Å². The van der Waals surface area contributed by atoms with Gasteiger partial charge in [0.2, 0.25) is 11.4 Å². The molecule has 2 aliphatic rings. The van der Waals surface area contributed by atoms with Gasteiger partial charge in [-0.3, -0.25) is 0 Å². The lowest BCUT2D eigenvalue weighted by atomic mass is 9.82. The van der Waals surface area contributed by atoms with Gasteiger partial charge in [0.15, 0.2) is 12.4 Å². The van der Waals surface area contributed by atoms with Gasteiger partial charge in [0.25, 0.3) is 11.4 Å². The topological polar surface area (TPSA) is 7.76 Å². The lowest BCUT2D eigenvalue weighted by Gasteiger charge is -2.25. The molecule has 0 amide bonds. The van der Waals surface area contributed by atoms with E-state index in [1.54, 1.807) is 0 Å². The SMILES string of the molecule is CC(C)(C)c1cc[n+]2c(c1)-c1cc(-c3ccccc3)ccc1C/C2=C1/Cc2cc3c4ccccc4c4ccccc4c3cc2-c2cc(C(C)(C)C)cc[n+]21. The van der Waals surface area contributed by atoms with E-state index in [0.717, 1.165) is 12.8 Å². The van der Waals surface area contributed by atoms with Crippen molar-refractivity contribution in [2.75, 3.05) is 0 Å². The predicted octanol–water partition coefficient (Wildman–Crippen LogP) is 12.3. The fraction of sp³-hybridized carbons (Fsp3) is 0.192. The molecule has 0 spiro atoms. The smallest absolute Gasteiger partial charge is 0.158 e. The highest BCUT2D eigenvalue weighted by Gasteiger charge is 2.40. The Kier molecular flexibility index (Phi) is 7.17. The second-order valence-corrected chi connectivity index (χ2v) is 17.5. The first-order valence-corrected chi connectivity index (χ1v) is 19.4. The number of pyridine rings is 2. The van der Waals surface area contributed by atoms with Gasteiger partial charge in [-0.25, -0.2) is 0 Å². The second-order valence-electron chi connectivity index (χ2n) is 17.5. The Hall–Kier alpha value is -5.86. The first kappa shape index (κ1) is 32.8. The fourth-order valence-electron chi connectivity index (χ4n) is 8.99. The van der Waals surface area contributed by atoms with Crippen LogP contribution in [-0.4, -0.2) is 0 Å². The minimum absolute atomic E-state index is 0.0190. The van der Waals surface area contributed by atoms with Crippen LogP contribution in [0.5, 0.6) is 0 Å². The largest absolute Gasteiger partial charge is 0.259 e. The van der Waals surface area contributed by atoms with Crippen LogP contribution in [0.2, 0.25) is 0 Å². The summed E-state index contributed by atoms with van der Waals surface area (Å²) < 4.78 is 5.02. The molecule has 0 bridgehead atoms. The van der Waals surface area contributed by atoms with E-state index >= 15 is 0 Å². The van der Waals surface area contributed by atoms with Crippen LogP contribution in [0.15, 0.2) is 146 Å². The Bertz CT molecular complexity index is 2880. The standard InChI is InChI=1S/C52H46N2/c1-51(2,3)37-22-24-53-47(30-37)43-26-34(33-14-8-7-9-15-33)20-21-35(43)28-49(53)50-29-36-27-45-41-18-12-10-16-39(41)40-17-11-13-19-42(40)46(45)32-44(36)48-31-38(52(4,5)6)23-25-54(48)50/h7-27,30-32H,28-29H2,1-6H3/q+2/b50-49+. The molecular formula is C52H46N2+2. The van der Waals surface area contributed by atoms with Crippen LogP contribution in [-0.2, 0) is 23.7 Å². The van der Waals surface area contributed by atoms with Crippen molar-refractivity contribution in [3.8, 4) is 33.6 Å². The lowest BCUT2D eigenvalue weighted by Crippen LogP contribution is -2.47. The summed E-state index contributed by atoms with van der Waals surface area (Å²) in [7, 11) is 0. The van der Waals surface area contributed by atoms with Crippen molar-refractivity contribution < 1.29 is 9.13 Å². The van der Waals surface area contributed by atoms with Gasteiger partial charge in [-0.1, -0.05) is 133 Å². The molecule has 2 aliphatic heterocycles. The molecule has 0 radical (unpaired) electrons. The van der Waals surface area contributed by atoms with E-state index in [1.807, 2.05) is 0 Å². The quantitative estimate of drug-likeness (QED) is 0.119.